The van der Waals surface area contributed by atoms with E-state index in [1.165, 1.54) is 0 Å². The molecular formula is C20H23N3O3. The summed E-state index contributed by atoms with van der Waals surface area (Å²) in [5.74, 6) is -0.764. The number of amides is 3. The van der Waals surface area contributed by atoms with E-state index in [0.717, 1.165) is 11.1 Å². The molecule has 0 fully saturated rings. The third-order valence-electron chi connectivity index (χ3n) is 3.81. The van der Waals surface area contributed by atoms with Gasteiger partial charge in [0.1, 0.15) is 0 Å². The number of nitrogens with one attached hydrogen (secondary N) is 3. The smallest absolute Gasteiger partial charge is 0.251 e. The summed E-state index contributed by atoms with van der Waals surface area (Å²) in [5.41, 5.74) is 2.41. The van der Waals surface area contributed by atoms with E-state index in [1.54, 1.807) is 12.1 Å². The van der Waals surface area contributed by atoms with Crippen LogP contribution in [0, 0.1) is 6.92 Å². The van der Waals surface area contributed by atoms with E-state index in [9.17, 15) is 14.4 Å². The monoisotopic (exact) mass is 353 g/mol. The number of hydrogen-bond acceptors (Lipinski definition) is 3. The minimum Gasteiger partial charge on any atom is -0.354 e. The van der Waals surface area contributed by atoms with E-state index in [2.05, 4.69) is 16.0 Å². The van der Waals surface area contributed by atoms with Gasteiger partial charge in [-0.3, -0.25) is 14.4 Å². The van der Waals surface area contributed by atoms with Gasteiger partial charge in [0.05, 0.1) is 6.54 Å². The molecule has 2 rings (SSSR count). The zero-order valence-corrected chi connectivity index (χ0v) is 14.7. The summed E-state index contributed by atoms with van der Waals surface area (Å²) in [6.07, 6.45) is 0.185. The Morgan fingerprint density at radius 1 is 0.808 bits per heavy atom. The molecule has 0 saturated carbocycles. The van der Waals surface area contributed by atoms with Crippen LogP contribution >= 0.6 is 0 Å². The van der Waals surface area contributed by atoms with Crippen LogP contribution in [0.15, 0.2) is 54.6 Å². The normalized spacial score (nSPS) is 10.0. The maximum Gasteiger partial charge on any atom is 0.251 e. The van der Waals surface area contributed by atoms with Crippen molar-refractivity contribution in [2.75, 3.05) is 13.1 Å². The van der Waals surface area contributed by atoms with E-state index in [0.29, 0.717) is 12.1 Å². The molecule has 3 amide bonds. The number of aryl methyl sites for hydroxylation is 1. The van der Waals surface area contributed by atoms with Crippen LogP contribution in [-0.4, -0.2) is 30.8 Å². The highest BCUT2D eigenvalue weighted by molar-refractivity contribution is 5.97. The summed E-state index contributed by atoms with van der Waals surface area (Å²) in [6.45, 7) is 2.39. The molecule has 6 heteroatoms. The van der Waals surface area contributed by atoms with Crippen molar-refractivity contribution in [3.63, 3.8) is 0 Å². The third-order valence-corrected chi connectivity index (χ3v) is 3.81. The van der Waals surface area contributed by atoms with Crippen molar-refractivity contribution in [3.8, 4) is 0 Å². The van der Waals surface area contributed by atoms with Crippen molar-refractivity contribution in [3.05, 3.63) is 71.3 Å². The van der Waals surface area contributed by atoms with Crippen molar-refractivity contribution in [1.29, 1.82) is 0 Å². The van der Waals surface area contributed by atoms with Crippen LogP contribution in [0.5, 0.6) is 0 Å². The quantitative estimate of drug-likeness (QED) is 0.673. The van der Waals surface area contributed by atoms with Crippen LogP contribution in [0.1, 0.15) is 27.9 Å². The van der Waals surface area contributed by atoms with Gasteiger partial charge in [-0.25, -0.2) is 0 Å². The van der Waals surface area contributed by atoms with Crippen LogP contribution in [0.4, 0.5) is 0 Å². The molecule has 0 aromatic heterocycles. The van der Waals surface area contributed by atoms with Crippen molar-refractivity contribution in [2.45, 2.75) is 19.9 Å². The predicted octanol–water partition coefficient (Wildman–Crippen LogP) is 1.55. The maximum atomic E-state index is 12.0. The lowest BCUT2D eigenvalue weighted by Gasteiger charge is -2.09. The molecule has 26 heavy (non-hydrogen) atoms. The van der Waals surface area contributed by atoms with Gasteiger partial charge < -0.3 is 16.0 Å². The Balaban J connectivity index is 1.62. The summed E-state index contributed by atoms with van der Waals surface area (Å²) in [4.78, 5) is 35.5. The van der Waals surface area contributed by atoms with Crippen molar-refractivity contribution >= 4 is 17.7 Å². The molecule has 0 aliphatic carbocycles. The van der Waals surface area contributed by atoms with E-state index in [-0.39, 0.29) is 37.2 Å². The molecule has 0 heterocycles. The number of benzene rings is 2. The number of rotatable bonds is 8. The van der Waals surface area contributed by atoms with E-state index >= 15 is 0 Å². The molecule has 0 spiro atoms. The van der Waals surface area contributed by atoms with Gasteiger partial charge in [0.2, 0.25) is 11.8 Å². The first kappa shape index (κ1) is 19.2. The molecule has 0 atom stereocenters. The summed E-state index contributed by atoms with van der Waals surface area (Å²) in [7, 11) is 0. The second-order valence-corrected chi connectivity index (χ2v) is 5.86. The Hall–Kier alpha value is -3.15. The first-order valence-electron chi connectivity index (χ1n) is 8.47. The van der Waals surface area contributed by atoms with Gasteiger partial charge in [-0.1, -0.05) is 48.5 Å². The van der Waals surface area contributed by atoms with E-state index < -0.39 is 0 Å². The Morgan fingerprint density at radius 3 is 2.23 bits per heavy atom. The van der Waals surface area contributed by atoms with Crippen LogP contribution in [-0.2, 0) is 16.1 Å². The summed E-state index contributed by atoms with van der Waals surface area (Å²) < 4.78 is 0. The fraction of sp³-hybridized carbons (Fsp3) is 0.250. The fourth-order valence-corrected chi connectivity index (χ4v) is 2.35. The number of hydrogen-bond donors (Lipinski definition) is 3. The average Bonchev–Trinajstić information content (AvgIpc) is 2.65. The zero-order valence-electron chi connectivity index (χ0n) is 14.7. The van der Waals surface area contributed by atoms with Gasteiger partial charge in [0.15, 0.2) is 0 Å². The molecule has 136 valence electrons. The third kappa shape index (κ3) is 6.39. The van der Waals surface area contributed by atoms with E-state index in [1.807, 2.05) is 49.4 Å². The lowest BCUT2D eigenvalue weighted by Crippen LogP contribution is -2.38. The predicted molar refractivity (Wildman–Crippen MR) is 99.4 cm³/mol. The highest BCUT2D eigenvalue weighted by Crippen LogP contribution is 2.06. The molecule has 3 N–H and O–H groups in total. The van der Waals surface area contributed by atoms with Crippen molar-refractivity contribution < 1.29 is 14.4 Å². The molecular weight excluding hydrogens is 330 g/mol. The minimum absolute atomic E-state index is 0.126. The molecule has 0 saturated heterocycles. The molecule has 6 nitrogen and oxygen atoms in total. The van der Waals surface area contributed by atoms with Gasteiger partial charge in [0, 0.05) is 25.1 Å². The molecule has 2 aromatic rings. The van der Waals surface area contributed by atoms with Gasteiger partial charge in [-0.05, 0) is 24.1 Å². The lowest BCUT2D eigenvalue weighted by atomic mass is 10.1. The highest BCUT2D eigenvalue weighted by Gasteiger charge is 2.10. The Bertz CT molecular complexity index is 760. The molecule has 0 bridgehead atoms. The van der Waals surface area contributed by atoms with Gasteiger partial charge in [-0.2, -0.15) is 0 Å². The first-order valence-corrected chi connectivity index (χ1v) is 8.47. The first-order chi connectivity index (χ1) is 12.6. The summed E-state index contributed by atoms with van der Waals surface area (Å²) >= 11 is 0. The summed E-state index contributed by atoms with van der Waals surface area (Å²) in [6, 6.07) is 16.8. The number of carbonyl (C=O) groups is 3. The zero-order chi connectivity index (χ0) is 18.8. The van der Waals surface area contributed by atoms with Crippen LogP contribution in [0.25, 0.3) is 0 Å². The maximum absolute atomic E-state index is 12.0. The Morgan fingerprint density at radius 2 is 1.50 bits per heavy atom. The average molecular weight is 353 g/mol. The highest BCUT2D eigenvalue weighted by atomic mass is 16.2. The van der Waals surface area contributed by atoms with Crippen molar-refractivity contribution in [1.82, 2.24) is 16.0 Å². The Kier molecular flexibility index (Phi) is 7.36. The van der Waals surface area contributed by atoms with Gasteiger partial charge in [-0.15, -0.1) is 0 Å². The standard InChI is InChI=1S/C20H23N3O3/c1-15-7-5-6-10-17(15)20(26)23-14-19(25)21-12-11-18(24)22-13-16-8-3-2-4-9-16/h2-10H,11-14H2,1H3,(H,21,25)(H,22,24)(H,23,26). The molecule has 0 unspecified atom stereocenters. The summed E-state index contributed by atoms with van der Waals surface area (Å²) in [5, 5.41) is 7.98. The van der Waals surface area contributed by atoms with Gasteiger partial charge >= 0.3 is 0 Å². The SMILES string of the molecule is Cc1ccccc1C(=O)NCC(=O)NCCC(=O)NCc1ccccc1. The molecule has 0 aliphatic heterocycles. The van der Waals surface area contributed by atoms with Gasteiger partial charge in [0.25, 0.3) is 5.91 Å². The topological polar surface area (TPSA) is 87.3 Å². The van der Waals surface area contributed by atoms with Crippen LogP contribution < -0.4 is 16.0 Å². The second kappa shape index (κ2) is 9.98. The fourth-order valence-electron chi connectivity index (χ4n) is 2.35. The van der Waals surface area contributed by atoms with E-state index in [4.69, 9.17) is 0 Å². The number of carbonyl (C=O) groups excluding carboxylic acids is 3. The van der Waals surface area contributed by atoms with Crippen LogP contribution in [0.3, 0.4) is 0 Å². The minimum atomic E-state index is -0.331. The molecule has 2 aromatic carbocycles. The molecule has 0 radical (unpaired) electrons. The van der Waals surface area contributed by atoms with Crippen LogP contribution in [0.2, 0.25) is 0 Å². The molecule has 0 aliphatic rings. The lowest BCUT2D eigenvalue weighted by molar-refractivity contribution is -0.122. The van der Waals surface area contributed by atoms with Crippen molar-refractivity contribution in [2.24, 2.45) is 0 Å². The largest absolute Gasteiger partial charge is 0.354 e. The Labute approximate surface area is 153 Å². The second-order valence-electron chi connectivity index (χ2n) is 5.86.